The molecule has 2 fully saturated rings. The minimum atomic E-state index is -0.826. The molecule has 88 valence electrons. The van der Waals surface area contributed by atoms with Gasteiger partial charge in [0.05, 0.1) is 19.3 Å². The van der Waals surface area contributed by atoms with Crippen molar-refractivity contribution in [2.75, 3.05) is 26.3 Å². The number of carbonyl (C=O) groups is 1. The van der Waals surface area contributed by atoms with E-state index < -0.39 is 12.0 Å². The number of nitriles is 1. The zero-order chi connectivity index (χ0) is 11.6. The van der Waals surface area contributed by atoms with Crippen molar-refractivity contribution < 1.29 is 14.6 Å². The third-order valence-corrected chi connectivity index (χ3v) is 3.47. The number of ether oxygens (including phenoxy) is 1. The van der Waals surface area contributed by atoms with Crippen molar-refractivity contribution in [3.05, 3.63) is 0 Å². The molecule has 1 heterocycles. The van der Waals surface area contributed by atoms with Gasteiger partial charge in [-0.25, -0.2) is 0 Å². The number of morpholine rings is 1. The van der Waals surface area contributed by atoms with Crippen LogP contribution in [0.3, 0.4) is 0 Å². The van der Waals surface area contributed by atoms with Crippen LogP contribution in [0.1, 0.15) is 19.3 Å². The molecule has 1 N–H and O–H groups in total. The quantitative estimate of drug-likeness (QED) is 0.751. The van der Waals surface area contributed by atoms with Gasteiger partial charge in [0, 0.05) is 19.5 Å². The zero-order valence-corrected chi connectivity index (χ0v) is 9.19. The lowest BCUT2D eigenvalue weighted by atomic mass is 10.0. The third-order valence-electron chi connectivity index (χ3n) is 3.47. The lowest BCUT2D eigenvalue weighted by Gasteiger charge is -2.35. The molecule has 0 aromatic carbocycles. The maximum Gasteiger partial charge on any atom is 0.323 e. The van der Waals surface area contributed by atoms with E-state index in [0.29, 0.717) is 19.6 Å². The highest BCUT2D eigenvalue weighted by Gasteiger charge is 2.45. The van der Waals surface area contributed by atoms with Crippen molar-refractivity contribution in [3.8, 4) is 6.07 Å². The predicted octanol–water partition coefficient (Wildman–Crippen LogP) is 0.466. The van der Waals surface area contributed by atoms with Crippen molar-refractivity contribution in [1.82, 2.24) is 4.90 Å². The van der Waals surface area contributed by atoms with Crippen molar-refractivity contribution >= 4 is 5.97 Å². The number of carboxylic acids is 1. The maximum absolute atomic E-state index is 11.0. The molecule has 5 nitrogen and oxygen atoms in total. The molecule has 1 atom stereocenters. The summed E-state index contributed by atoms with van der Waals surface area (Å²) in [6.07, 6.45) is 2.63. The highest BCUT2D eigenvalue weighted by Crippen LogP contribution is 2.49. The number of hydrogen-bond acceptors (Lipinski definition) is 4. The van der Waals surface area contributed by atoms with Crippen molar-refractivity contribution in [2.24, 2.45) is 5.41 Å². The summed E-state index contributed by atoms with van der Waals surface area (Å²) < 4.78 is 5.18. The molecule has 1 aliphatic carbocycles. The Hall–Kier alpha value is -1.12. The number of aliphatic carboxylic acids is 1. The maximum atomic E-state index is 11.0. The van der Waals surface area contributed by atoms with Crippen molar-refractivity contribution in [3.63, 3.8) is 0 Å². The second-order valence-corrected chi connectivity index (χ2v) is 4.73. The summed E-state index contributed by atoms with van der Waals surface area (Å²) in [4.78, 5) is 13.0. The second kappa shape index (κ2) is 4.40. The van der Waals surface area contributed by atoms with Gasteiger partial charge in [0.15, 0.2) is 0 Å². The second-order valence-electron chi connectivity index (χ2n) is 4.73. The van der Waals surface area contributed by atoms with Crippen LogP contribution < -0.4 is 0 Å². The topological polar surface area (TPSA) is 73.6 Å². The molecule has 1 aliphatic heterocycles. The average Bonchev–Trinajstić information content (AvgIpc) is 2.99. The van der Waals surface area contributed by atoms with Crippen LogP contribution in [0.4, 0.5) is 0 Å². The van der Waals surface area contributed by atoms with Crippen LogP contribution in [0.2, 0.25) is 0 Å². The number of carboxylic acid groups (broad SMARTS) is 1. The molecule has 1 saturated carbocycles. The molecular formula is C11H16N2O3. The molecular weight excluding hydrogens is 208 g/mol. The Morgan fingerprint density at radius 2 is 2.38 bits per heavy atom. The molecule has 0 spiro atoms. The summed E-state index contributed by atoms with van der Waals surface area (Å²) in [7, 11) is 0. The van der Waals surface area contributed by atoms with E-state index in [1.165, 1.54) is 0 Å². The number of rotatable bonds is 4. The van der Waals surface area contributed by atoms with E-state index in [0.717, 1.165) is 19.4 Å². The van der Waals surface area contributed by atoms with Gasteiger partial charge in [0.1, 0.15) is 6.04 Å². The standard InChI is InChI=1S/C11H16N2O3/c12-4-3-11(1-2-11)8-13-5-6-16-7-9(13)10(14)15/h9H,1-3,5-8H2,(H,14,15). The lowest BCUT2D eigenvalue weighted by molar-refractivity contribution is -0.150. The third kappa shape index (κ3) is 2.34. The van der Waals surface area contributed by atoms with Gasteiger partial charge < -0.3 is 9.84 Å². The van der Waals surface area contributed by atoms with Crippen LogP contribution in [0.5, 0.6) is 0 Å². The first-order chi connectivity index (χ1) is 7.67. The smallest absolute Gasteiger partial charge is 0.323 e. The monoisotopic (exact) mass is 224 g/mol. The molecule has 1 unspecified atom stereocenters. The van der Waals surface area contributed by atoms with Gasteiger partial charge in [-0.3, -0.25) is 9.69 Å². The molecule has 16 heavy (non-hydrogen) atoms. The minimum absolute atomic E-state index is 0.0692. The van der Waals surface area contributed by atoms with Crippen molar-refractivity contribution in [1.29, 1.82) is 5.26 Å². The Balaban J connectivity index is 1.97. The van der Waals surface area contributed by atoms with E-state index in [9.17, 15) is 4.79 Å². The summed E-state index contributed by atoms with van der Waals surface area (Å²) in [6, 6.07) is 1.66. The van der Waals surface area contributed by atoms with Crippen molar-refractivity contribution in [2.45, 2.75) is 25.3 Å². The molecule has 0 radical (unpaired) electrons. The molecule has 0 amide bonds. The highest BCUT2D eigenvalue weighted by atomic mass is 16.5. The van der Waals surface area contributed by atoms with E-state index in [-0.39, 0.29) is 12.0 Å². The molecule has 1 saturated heterocycles. The summed E-state index contributed by atoms with van der Waals surface area (Å²) in [5, 5.41) is 17.8. The van der Waals surface area contributed by atoms with Gasteiger partial charge in [0.2, 0.25) is 0 Å². The summed E-state index contributed by atoms with van der Waals surface area (Å²) >= 11 is 0. The van der Waals surface area contributed by atoms with E-state index >= 15 is 0 Å². The van der Waals surface area contributed by atoms with Crippen LogP contribution >= 0.6 is 0 Å². The molecule has 5 heteroatoms. The summed E-state index contributed by atoms with van der Waals surface area (Å²) in [6.45, 7) is 2.23. The predicted molar refractivity (Wildman–Crippen MR) is 55.7 cm³/mol. The molecule has 2 rings (SSSR count). The fourth-order valence-electron chi connectivity index (χ4n) is 2.22. The van der Waals surface area contributed by atoms with Crippen LogP contribution in [0, 0.1) is 16.7 Å². The van der Waals surface area contributed by atoms with E-state index in [1.807, 2.05) is 4.90 Å². The summed E-state index contributed by atoms with van der Waals surface area (Å²) in [5.74, 6) is -0.826. The van der Waals surface area contributed by atoms with Gasteiger partial charge in [-0.15, -0.1) is 0 Å². The van der Waals surface area contributed by atoms with Gasteiger partial charge >= 0.3 is 5.97 Å². The van der Waals surface area contributed by atoms with Gasteiger partial charge in [0.25, 0.3) is 0 Å². The first kappa shape index (κ1) is 11.4. The molecule has 0 aromatic rings. The van der Waals surface area contributed by atoms with Crippen LogP contribution in [0.15, 0.2) is 0 Å². The van der Waals surface area contributed by atoms with Gasteiger partial charge in [-0.2, -0.15) is 5.26 Å². The Morgan fingerprint density at radius 1 is 1.62 bits per heavy atom. The Kier molecular flexibility index (Phi) is 3.13. The zero-order valence-electron chi connectivity index (χ0n) is 9.19. The van der Waals surface area contributed by atoms with Crippen LogP contribution in [-0.4, -0.2) is 48.3 Å². The molecule has 0 aromatic heterocycles. The van der Waals surface area contributed by atoms with Gasteiger partial charge in [-0.05, 0) is 18.3 Å². The fourth-order valence-corrected chi connectivity index (χ4v) is 2.22. The first-order valence-corrected chi connectivity index (χ1v) is 5.58. The summed E-state index contributed by atoms with van der Waals surface area (Å²) in [5.41, 5.74) is 0.0692. The van der Waals surface area contributed by atoms with Crippen LogP contribution in [-0.2, 0) is 9.53 Å². The van der Waals surface area contributed by atoms with Gasteiger partial charge in [-0.1, -0.05) is 0 Å². The number of hydrogen-bond donors (Lipinski definition) is 1. The van der Waals surface area contributed by atoms with Crippen LogP contribution in [0.25, 0.3) is 0 Å². The number of nitrogens with zero attached hydrogens (tertiary/aromatic N) is 2. The Labute approximate surface area is 94.6 Å². The fraction of sp³-hybridized carbons (Fsp3) is 0.818. The minimum Gasteiger partial charge on any atom is -0.480 e. The van der Waals surface area contributed by atoms with E-state index in [4.69, 9.17) is 15.1 Å². The highest BCUT2D eigenvalue weighted by molar-refractivity contribution is 5.73. The lowest BCUT2D eigenvalue weighted by Crippen LogP contribution is -2.51. The normalized spacial score (nSPS) is 28.3. The Bertz CT molecular complexity index is 320. The Morgan fingerprint density at radius 3 is 2.94 bits per heavy atom. The molecule has 2 aliphatic rings. The first-order valence-electron chi connectivity index (χ1n) is 5.58. The average molecular weight is 224 g/mol. The molecule has 0 bridgehead atoms. The largest absolute Gasteiger partial charge is 0.480 e. The van der Waals surface area contributed by atoms with E-state index in [1.54, 1.807) is 0 Å². The van der Waals surface area contributed by atoms with E-state index in [2.05, 4.69) is 6.07 Å². The SMILES string of the molecule is N#CCC1(CN2CCOCC2C(=O)O)CC1.